The lowest BCUT2D eigenvalue weighted by Crippen LogP contribution is -2.21. The van der Waals surface area contributed by atoms with Gasteiger partial charge in [-0.3, -0.25) is 4.79 Å². The fourth-order valence-corrected chi connectivity index (χ4v) is 4.94. The number of ether oxygens (including phenoxy) is 2. The first-order valence-corrected chi connectivity index (χ1v) is 12.5. The molecule has 10 heteroatoms. The van der Waals surface area contributed by atoms with E-state index in [1.54, 1.807) is 21.5 Å². The summed E-state index contributed by atoms with van der Waals surface area (Å²) in [6.45, 7) is 1.69. The summed E-state index contributed by atoms with van der Waals surface area (Å²) in [6, 6.07) is 15.3. The largest absolute Gasteiger partial charge is 0.490 e. The number of thioether (sulfide) groups is 1. The summed E-state index contributed by atoms with van der Waals surface area (Å²) in [5.74, 6) is 2.65. The van der Waals surface area contributed by atoms with Crippen LogP contribution in [0.4, 0.5) is 0 Å². The topological polar surface area (TPSA) is 83.5 Å². The van der Waals surface area contributed by atoms with E-state index < -0.39 is 0 Å². The molecular weight excluding hydrogens is 486 g/mol. The number of nitrogens with zero attached hydrogens (tertiary/aromatic N) is 5. The lowest BCUT2D eigenvalue weighted by Gasteiger charge is -2.09. The van der Waals surface area contributed by atoms with Crippen molar-refractivity contribution in [1.29, 1.82) is 0 Å². The molecule has 0 radical (unpaired) electrons. The molecule has 0 unspecified atom stereocenters. The zero-order chi connectivity index (χ0) is 23.8. The fraction of sp³-hybridized carbons (Fsp3) is 0.200. The van der Waals surface area contributed by atoms with Crippen molar-refractivity contribution in [3.05, 3.63) is 87.4 Å². The zero-order valence-electron chi connectivity index (χ0n) is 18.6. The van der Waals surface area contributed by atoms with E-state index in [1.807, 2.05) is 48.5 Å². The quantitative estimate of drug-likeness (QED) is 0.323. The van der Waals surface area contributed by atoms with Crippen LogP contribution in [0.25, 0.3) is 16.7 Å². The Morgan fingerprint density at radius 3 is 2.80 bits per heavy atom. The van der Waals surface area contributed by atoms with Gasteiger partial charge in [-0.25, -0.2) is 4.98 Å². The summed E-state index contributed by atoms with van der Waals surface area (Å²) in [6.07, 6.45) is 4.18. The average Bonchev–Trinajstić information content (AvgIpc) is 3.15. The molecule has 176 valence electrons. The Hall–Kier alpha value is -3.56. The molecule has 35 heavy (non-hydrogen) atoms. The van der Waals surface area contributed by atoms with Crippen molar-refractivity contribution in [3.63, 3.8) is 0 Å². The molecule has 3 aromatic heterocycles. The van der Waals surface area contributed by atoms with Crippen LogP contribution in [-0.4, -0.2) is 37.4 Å². The molecule has 0 fully saturated rings. The van der Waals surface area contributed by atoms with Crippen molar-refractivity contribution < 1.29 is 9.47 Å². The Morgan fingerprint density at radius 1 is 1.06 bits per heavy atom. The third kappa shape index (κ3) is 4.33. The van der Waals surface area contributed by atoms with Gasteiger partial charge in [-0.05, 0) is 35.4 Å². The van der Waals surface area contributed by atoms with Crippen LogP contribution in [0.1, 0.15) is 17.5 Å². The second kappa shape index (κ2) is 9.24. The van der Waals surface area contributed by atoms with Gasteiger partial charge in [0.1, 0.15) is 0 Å². The first kappa shape index (κ1) is 21.9. The van der Waals surface area contributed by atoms with Crippen LogP contribution < -0.4 is 15.0 Å². The minimum atomic E-state index is -0.159. The van der Waals surface area contributed by atoms with E-state index in [0.29, 0.717) is 52.4 Å². The van der Waals surface area contributed by atoms with Gasteiger partial charge in [0.2, 0.25) is 5.16 Å². The molecule has 0 saturated carbocycles. The highest BCUT2D eigenvalue weighted by molar-refractivity contribution is 7.98. The van der Waals surface area contributed by atoms with Crippen LogP contribution in [0.5, 0.6) is 11.5 Å². The van der Waals surface area contributed by atoms with Gasteiger partial charge in [0.25, 0.3) is 11.3 Å². The standard InChI is InChI=1S/C25H20ClN5O3S/c26-19-5-2-1-4-17(19)14-30-9-8-20-18(23(30)32)13-27-24-28-25(29-31(20)24)35-15-16-6-7-21-22(12-16)34-11-3-10-33-21/h1-2,4-9,12-13H,3,10-11,14-15H2. The maximum Gasteiger partial charge on any atom is 0.261 e. The van der Waals surface area contributed by atoms with Crippen LogP contribution in [0.15, 0.2) is 70.9 Å². The Bertz CT molecular complexity index is 1620. The van der Waals surface area contributed by atoms with Crippen LogP contribution in [0, 0.1) is 0 Å². The molecule has 1 aliphatic rings. The highest BCUT2D eigenvalue weighted by Crippen LogP contribution is 2.32. The van der Waals surface area contributed by atoms with E-state index in [9.17, 15) is 4.79 Å². The molecule has 1 aliphatic heterocycles. The molecule has 0 atom stereocenters. The van der Waals surface area contributed by atoms with E-state index >= 15 is 0 Å². The molecular formula is C25H20ClN5O3S. The first-order chi connectivity index (χ1) is 17.2. The number of hydrogen-bond donors (Lipinski definition) is 0. The van der Waals surface area contributed by atoms with E-state index in [2.05, 4.69) is 15.1 Å². The first-order valence-electron chi connectivity index (χ1n) is 11.2. The average molecular weight is 506 g/mol. The minimum absolute atomic E-state index is 0.159. The van der Waals surface area contributed by atoms with Gasteiger partial charge < -0.3 is 14.0 Å². The molecule has 0 spiro atoms. The summed E-state index contributed by atoms with van der Waals surface area (Å²) in [7, 11) is 0. The summed E-state index contributed by atoms with van der Waals surface area (Å²) in [5.41, 5.74) is 2.45. The van der Waals surface area contributed by atoms with Gasteiger partial charge in [0, 0.05) is 29.6 Å². The van der Waals surface area contributed by atoms with Gasteiger partial charge in [0.15, 0.2) is 11.5 Å². The van der Waals surface area contributed by atoms with Crippen LogP contribution in [0.2, 0.25) is 5.02 Å². The summed E-state index contributed by atoms with van der Waals surface area (Å²) >= 11 is 7.77. The van der Waals surface area contributed by atoms with Gasteiger partial charge in [-0.1, -0.05) is 47.6 Å². The Morgan fingerprint density at radius 2 is 1.91 bits per heavy atom. The smallest absolute Gasteiger partial charge is 0.261 e. The van der Waals surface area contributed by atoms with E-state index in [-0.39, 0.29) is 5.56 Å². The number of fused-ring (bicyclic) bond motifs is 4. The lowest BCUT2D eigenvalue weighted by molar-refractivity contribution is 0.297. The highest BCUT2D eigenvalue weighted by Gasteiger charge is 2.14. The zero-order valence-corrected chi connectivity index (χ0v) is 20.1. The van der Waals surface area contributed by atoms with Gasteiger partial charge in [0.05, 0.1) is 30.7 Å². The SMILES string of the molecule is O=c1c2cnc3nc(SCc4ccc5c(c4)OCCCO5)nn3c2ccn1Cc1ccccc1Cl. The maximum atomic E-state index is 13.1. The van der Waals surface area contributed by atoms with Gasteiger partial charge >= 0.3 is 0 Å². The highest BCUT2D eigenvalue weighted by atomic mass is 35.5. The van der Waals surface area contributed by atoms with Crippen LogP contribution in [-0.2, 0) is 12.3 Å². The molecule has 5 aromatic rings. The van der Waals surface area contributed by atoms with Gasteiger partial charge in [-0.2, -0.15) is 9.50 Å². The Kier molecular flexibility index (Phi) is 5.79. The summed E-state index contributed by atoms with van der Waals surface area (Å²) < 4.78 is 14.7. The van der Waals surface area contributed by atoms with E-state index in [4.69, 9.17) is 21.1 Å². The van der Waals surface area contributed by atoms with Crippen molar-refractivity contribution in [1.82, 2.24) is 24.1 Å². The van der Waals surface area contributed by atoms with E-state index in [0.717, 1.165) is 29.0 Å². The molecule has 0 bridgehead atoms. The van der Waals surface area contributed by atoms with Crippen LogP contribution in [0.3, 0.4) is 0 Å². The van der Waals surface area contributed by atoms with E-state index in [1.165, 1.54) is 11.8 Å². The van der Waals surface area contributed by atoms with Crippen molar-refractivity contribution in [2.45, 2.75) is 23.9 Å². The Labute approximate surface area is 209 Å². The number of hydrogen-bond acceptors (Lipinski definition) is 7. The number of aromatic nitrogens is 5. The molecule has 8 nitrogen and oxygen atoms in total. The van der Waals surface area contributed by atoms with Crippen molar-refractivity contribution in [2.75, 3.05) is 13.2 Å². The van der Waals surface area contributed by atoms with Crippen molar-refractivity contribution in [3.8, 4) is 11.5 Å². The molecule has 0 aliphatic carbocycles. The van der Waals surface area contributed by atoms with Gasteiger partial charge in [-0.15, -0.1) is 5.10 Å². The third-order valence-electron chi connectivity index (χ3n) is 5.77. The second-order valence-corrected chi connectivity index (χ2v) is 9.47. The predicted molar refractivity (Wildman–Crippen MR) is 135 cm³/mol. The van der Waals surface area contributed by atoms with Crippen LogP contribution >= 0.6 is 23.4 Å². The summed E-state index contributed by atoms with van der Waals surface area (Å²) in [5, 5.41) is 6.28. The number of rotatable bonds is 5. The monoisotopic (exact) mass is 505 g/mol. The molecule has 6 rings (SSSR count). The molecule has 2 aromatic carbocycles. The molecule has 4 heterocycles. The number of benzene rings is 2. The number of pyridine rings is 1. The third-order valence-corrected chi connectivity index (χ3v) is 7.04. The predicted octanol–water partition coefficient (Wildman–Crippen LogP) is 4.59. The maximum absolute atomic E-state index is 13.1. The Balaban J connectivity index is 1.27. The second-order valence-electron chi connectivity index (χ2n) is 8.12. The fourth-order valence-electron chi connectivity index (χ4n) is 3.98. The molecule has 0 amide bonds. The number of halogens is 1. The lowest BCUT2D eigenvalue weighted by atomic mass is 10.2. The summed E-state index contributed by atoms with van der Waals surface area (Å²) in [4.78, 5) is 22.1. The van der Waals surface area contributed by atoms with Crippen molar-refractivity contribution in [2.24, 2.45) is 0 Å². The van der Waals surface area contributed by atoms with Crippen molar-refractivity contribution >= 4 is 40.0 Å². The minimum Gasteiger partial charge on any atom is -0.490 e. The molecule has 0 saturated heterocycles. The normalized spacial score (nSPS) is 13.3. The molecule has 0 N–H and O–H groups in total.